The molecule has 0 aromatic heterocycles. The molecule has 0 heterocycles. The average Bonchev–Trinajstić information content (AvgIpc) is 2.01. The van der Waals surface area contributed by atoms with E-state index in [1.165, 1.54) is 6.92 Å². The van der Waals surface area contributed by atoms with Crippen molar-refractivity contribution < 1.29 is 25.2 Å². The lowest BCUT2D eigenvalue weighted by molar-refractivity contribution is -0.158. The molecule has 0 aromatic rings. The summed E-state index contributed by atoms with van der Waals surface area (Å²) in [4.78, 5) is 10.1. The van der Waals surface area contributed by atoms with Crippen LogP contribution in [-0.2, 0) is 4.79 Å². The zero-order valence-electron chi connectivity index (χ0n) is 6.58. The summed E-state index contributed by atoms with van der Waals surface area (Å²) >= 11 is 0. The normalized spacial score (nSPS) is 23.8. The van der Waals surface area contributed by atoms with Crippen molar-refractivity contribution >= 4 is 6.29 Å². The highest BCUT2D eigenvalue weighted by Gasteiger charge is 2.38. The fraction of sp³-hybridized carbons (Fsp3) is 0.833. The third kappa shape index (κ3) is 2.50. The van der Waals surface area contributed by atoms with Crippen LogP contribution in [-0.4, -0.2) is 50.7 Å². The highest BCUT2D eigenvalue weighted by Crippen LogP contribution is 2.08. The fourth-order valence-corrected chi connectivity index (χ4v) is 0.607. The zero-order chi connectivity index (χ0) is 9.94. The number of hydrogen-bond donors (Lipinski definition) is 5. The van der Waals surface area contributed by atoms with Crippen LogP contribution in [0.1, 0.15) is 6.92 Å². The molecule has 6 heteroatoms. The molecule has 0 radical (unpaired) electrons. The molecule has 0 aliphatic heterocycles. The van der Waals surface area contributed by atoms with Gasteiger partial charge in [0.15, 0.2) is 12.0 Å². The summed E-state index contributed by atoms with van der Waals surface area (Å²) in [6.07, 6.45) is -4.96. The lowest BCUT2D eigenvalue weighted by Crippen LogP contribution is -2.59. The molecule has 12 heavy (non-hydrogen) atoms. The summed E-state index contributed by atoms with van der Waals surface area (Å²) in [6.45, 7) is 1.19. The van der Waals surface area contributed by atoms with Crippen LogP contribution in [0.25, 0.3) is 0 Å². The average molecular weight is 179 g/mol. The Bertz CT molecular complexity index is 158. The largest absolute Gasteiger partial charge is 0.391 e. The van der Waals surface area contributed by atoms with E-state index in [9.17, 15) is 4.79 Å². The Labute approximate surface area is 69.2 Å². The molecule has 4 atom stereocenters. The van der Waals surface area contributed by atoms with Crippen molar-refractivity contribution in [3.05, 3.63) is 0 Å². The first kappa shape index (κ1) is 11.5. The van der Waals surface area contributed by atoms with Crippen molar-refractivity contribution in [1.29, 1.82) is 0 Å². The Hall–Kier alpha value is -0.530. The minimum Gasteiger partial charge on any atom is -0.391 e. The number of aliphatic hydroxyl groups excluding tert-OH is 3. The van der Waals surface area contributed by atoms with Crippen molar-refractivity contribution in [3.63, 3.8) is 0 Å². The first-order chi connectivity index (χ1) is 5.33. The molecular weight excluding hydrogens is 166 g/mol. The zero-order valence-corrected chi connectivity index (χ0v) is 6.58. The Morgan fingerprint density at radius 3 is 2.08 bits per heavy atom. The summed E-state index contributed by atoms with van der Waals surface area (Å²) in [5.74, 6) is 0. The van der Waals surface area contributed by atoms with Crippen LogP contribution in [0, 0.1) is 0 Å². The van der Waals surface area contributed by atoms with Gasteiger partial charge in [-0.3, -0.25) is 10.5 Å². The van der Waals surface area contributed by atoms with Crippen LogP contribution in [0.3, 0.4) is 0 Å². The SMILES string of the molecule is C[C@@H](O)[C@@H](O)[C@H](O)[C@@](N)(O)C=O. The third-order valence-corrected chi connectivity index (χ3v) is 1.48. The van der Waals surface area contributed by atoms with Crippen molar-refractivity contribution in [2.45, 2.75) is 31.0 Å². The van der Waals surface area contributed by atoms with E-state index in [0.717, 1.165) is 0 Å². The van der Waals surface area contributed by atoms with E-state index >= 15 is 0 Å². The molecule has 0 amide bonds. The van der Waals surface area contributed by atoms with Crippen LogP contribution < -0.4 is 5.73 Å². The minimum atomic E-state index is -2.53. The smallest absolute Gasteiger partial charge is 0.199 e. The number of aliphatic hydroxyl groups is 4. The first-order valence-corrected chi connectivity index (χ1v) is 3.34. The van der Waals surface area contributed by atoms with Gasteiger partial charge in [-0.25, -0.2) is 0 Å². The second-order valence-electron chi connectivity index (χ2n) is 2.68. The second kappa shape index (κ2) is 3.92. The Morgan fingerprint density at radius 2 is 1.83 bits per heavy atom. The molecule has 0 unspecified atom stereocenters. The molecule has 0 bridgehead atoms. The van der Waals surface area contributed by atoms with Gasteiger partial charge in [0.25, 0.3) is 0 Å². The van der Waals surface area contributed by atoms with Crippen molar-refractivity contribution in [1.82, 2.24) is 0 Å². The van der Waals surface area contributed by atoms with Gasteiger partial charge in [0.2, 0.25) is 0 Å². The Kier molecular flexibility index (Phi) is 3.75. The number of aldehydes is 1. The van der Waals surface area contributed by atoms with E-state index in [2.05, 4.69) is 0 Å². The predicted octanol–water partition coefficient (Wildman–Crippen LogP) is -3.06. The van der Waals surface area contributed by atoms with Crippen LogP contribution in [0.15, 0.2) is 0 Å². The van der Waals surface area contributed by atoms with Gasteiger partial charge >= 0.3 is 0 Å². The van der Waals surface area contributed by atoms with Crippen molar-refractivity contribution in [3.8, 4) is 0 Å². The maximum Gasteiger partial charge on any atom is 0.199 e. The van der Waals surface area contributed by atoms with Crippen LogP contribution in [0.2, 0.25) is 0 Å². The molecule has 0 aromatic carbocycles. The first-order valence-electron chi connectivity index (χ1n) is 3.34. The monoisotopic (exact) mass is 179 g/mol. The molecule has 0 aliphatic carbocycles. The number of carbonyl (C=O) groups excluding carboxylic acids is 1. The predicted molar refractivity (Wildman–Crippen MR) is 38.9 cm³/mol. The third-order valence-electron chi connectivity index (χ3n) is 1.48. The molecule has 0 spiro atoms. The van der Waals surface area contributed by atoms with Gasteiger partial charge in [0, 0.05) is 0 Å². The summed E-state index contributed by atoms with van der Waals surface area (Å²) in [5.41, 5.74) is 2.33. The number of hydrogen-bond acceptors (Lipinski definition) is 6. The van der Waals surface area contributed by atoms with E-state index in [1.54, 1.807) is 0 Å². The lowest BCUT2D eigenvalue weighted by atomic mass is 10.0. The van der Waals surface area contributed by atoms with Gasteiger partial charge in [-0.05, 0) is 6.92 Å². The second-order valence-corrected chi connectivity index (χ2v) is 2.68. The van der Waals surface area contributed by atoms with Crippen molar-refractivity contribution in [2.75, 3.05) is 0 Å². The highest BCUT2D eigenvalue weighted by atomic mass is 16.4. The number of nitrogens with two attached hydrogens (primary N) is 1. The van der Waals surface area contributed by atoms with E-state index in [1.807, 2.05) is 0 Å². The number of carbonyl (C=O) groups is 1. The van der Waals surface area contributed by atoms with Crippen LogP contribution in [0.5, 0.6) is 0 Å². The standard InChI is InChI=1S/C6H13NO5/c1-3(9)4(10)5(11)6(7,12)2-8/h2-5,9-12H,7H2,1H3/t3-,4-,5+,6+/m1/s1. The quantitative estimate of drug-likeness (QED) is 0.230. The number of rotatable bonds is 4. The van der Waals surface area contributed by atoms with E-state index in [0.29, 0.717) is 0 Å². The van der Waals surface area contributed by atoms with Gasteiger partial charge in [-0.15, -0.1) is 0 Å². The summed E-state index contributed by atoms with van der Waals surface area (Å²) < 4.78 is 0. The molecule has 6 N–H and O–H groups in total. The minimum absolute atomic E-state index is 0.108. The fourth-order valence-electron chi connectivity index (χ4n) is 0.607. The summed E-state index contributed by atoms with van der Waals surface area (Å²) in [6, 6.07) is 0. The van der Waals surface area contributed by atoms with Gasteiger partial charge in [0.1, 0.15) is 12.2 Å². The van der Waals surface area contributed by atoms with Crippen molar-refractivity contribution in [2.24, 2.45) is 5.73 Å². The van der Waals surface area contributed by atoms with Gasteiger partial charge in [-0.1, -0.05) is 0 Å². The van der Waals surface area contributed by atoms with Crippen LogP contribution >= 0.6 is 0 Å². The summed E-state index contributed by atoms with van der Waals surface area (Å²) in [7, 11) is 0. The summed E-state index contributed by atoms with van der Waals surface area (Å²) in [5, 5.41) is 35.6. The van der Waals surface area contributed by atoms with E-state index < -0.39 is 24.0 Å². The molecule has 0 saturated carbocycles. The Balaban J connectivity index is 4.37. The molecule has 0 rings (SSSR count). The molecule has 0 aliphatic rings. The molecule has 0 fully saturated rings. The van der Waals surface area contributed by atoms with Gasteiger partial charge < -0.3 is 20.4 Å². The van der Waals surface area contributed by atoms with Crippen LogP contribution in [0.4, 0.5) is 0 Å². The molecule has 72 valence electrons. The maximum absolute atomic E-state index is 10.1. The molecule has 6 nitrogen and oxygen atoms in total. The molecular formula is C6H13NO5. The van der Waals surface area contributed by atoms with Gasteiger partial charge in [-0.2, -0.15) is 0 Å². The molecule has 0 saturated heterocycles. The van der Waals surface area contributed by atoms with E-state index in [-0.39, 0.29) is 6.29 Å². The highest BCUT2D eigenvalue weighted by molar-refractivity contribution is 5.62. The topological polar surface area (TPSA) is 124 Å². The lowest BCUT2D eigenvalue weighted by Gasteiger charge is -2.28. The Morgan fingerprint density at radius 1 is 1.42 bits per heavy atom. The maximum atomic E-state index is 10.1. The van der Waals surface area contributed by atoms with Gasteiger partial charge in [0.05, 0.1) is 6.10 Å². The van der Waals surface area contributed by atoms with E-state index in [4.69, 9.17) is 26.2 Å².